The van der Waals surface area contributed by atoms with Crippen LogP contribution in [0.5, 0.6) is 0 Å². The van der Waals surface area contributed by atoms with Crippen molar-refractivity contribution >= 4 is 17.1 Å². The van der Waals surface area contributed by atoms with E-state index in [1.54, 1.807) is 36.4 Å². The molecule has 2 aromatic carbocycles. The predicted molar refractivity (Wildman–Crippen MR) is 84.5 cm³/mol. The van der Waals surface area contributed by atoms with Gasteiger partial charge in [-0.3, -0.25) is 10.1 Å². The van der Waals surface area contributed by atoms with E-state index in [4.69, 9.17) is 10.8 Å². The van der Waals surface area contributed by atoms with Crippen molar-refractivity contribution < 1.29 is 15.1 Å². The number of para-hydroxylation sites is 1. The predicted octanol–water partition coefficient (Wildman–Crippen LogP) is 1.61. The number of aliphatic hydroxyl groups excluding tert-OH is 2. The van der Waals surface area contributed by atoms with Gasteiger partial charge in [-0.15, -0.1) is 0 Å². The Labute approximate surface area is 127 Å². The quantitative estimate of drug-likeness (QED) is 0.365. The smallest absolute Gasteiger partial charge is 0.277 e. The van der Waals surface area contributed by atoms with Crippen LogP contribution >= 0.6 is 0 Å². The third kappa shape index (κ3) is 3.51. The van der Waals surface area contributed by atoms with Gasteiger partial charge in [-0.1, -0.05) is 12.1 Å². The van der Waals surface area contributed by atoms with E-state index in [9.17, 15) is 15.2 Å². The number of benzene rings is 2. The van der Waals surface area contributed by atoms with Crippen LogP contribution < -0.4 is 11.1 Å². The summed E-state index contributed by atoms with van der Waals surface area (Å²) < 4.78 is 0. The Morgan fingerprint density at radius 3 is 2.64 bits per heavy atom. The van der Waals surface area contributed by atoms with Gasteiger partial charge < -0.3 is 21.3 Å². The highest BCUT2D eigenvalue weighted by Gasteiger charge is 2.17. The number of hydrogen-bond acceptors (Lipinski definition) is 6. The number of nitro benzene ring substituents is 1. The second-order valence-electron chi connectivity index (χ2n) is 4.80. The minimum Gasteiger partial charge on any atom is -0.399 e. The van der Waals surface area contributed by atoms with E-state index in [-0.39, 0.29) is 18.8 Å². The molecule has 0 aliphatic carbocycles. The van der Waals surface area contributed by atoms with Gasteiger partial charge in [0.15, 0.2) is 0 Å². The van der Waals surface area contributed by atoms with E-state index in [0.29, 0.717) is 22.5 Å². The molecule has 7 heteroatoms. The topological polar surface area (TPSA) is 122 Å². The van der Waals surface area contributed by atoms with Gasteiger partial charge >= 0.3 is 0 Å². The number of anilines is 2. The molecule has 0 amide bonds. The van der Waals surface area contributed by atoms with Gasteiger partial charge in [0, 0.05) is 29.5 Å². The number of nitrogens with zero attached hydrogens (tertiary/aromatic N) is 1. The maximum Gasteiger partial charge on any atom is 0.277 e. The summed E-state index contributed by atoms with van der Waals surface area (Å²) >= 11 is 0. The Balaban J connectivity index is 2.46. The van der Waals surface area contributed by atoms with Crippen molar-refractivity contribution in [3.8, 4) is 11.1 Å². The molecule has 1 atom stereocenters. The first-order chi connectivity index (χ1) is 10.5. The first-order valence-corrected chi connectivity index (χ1v) is 6.69. The van der Waals surface area contributed by atoms with Gasteiger partial charge in [-0.05, 0) is 24.3 Å². The molecule has 0 bridgehead atoms. The minimum atomic E-state index is -0.920. The lowest BCUT2D eigenvalue weighted by atomic mass is 10.0. The molecular weight excluding hydrogens is 286 g/mol. The zero-order valence-electron chi connectivity index (χ0n) is 11.8. The molecule has 1 unspecified atom stereocenters. The van der Waals surface area contributed by atoms with Crippen molar-refractivity contribution in [2.24, 2.45) is 0 Å². The minimum absolute atomic E-state index is 0.0288. The molecule has 0 heterocycles. The number of rotatable bonds is 6. The standard InChI is InChI=1S/C15H17N3O4/c16-10-5-6-14(17-8-11(20)9-19)13(7-10)12-3-1-2-4-15(12)18(21)22/h1-7,11,17,19-20H,8-9,16H2. The summed E-state index contributed by atoms with van der Waals surface area (Å²) in [6, 6.07) is 11.3. The molecule has 0 aliphatic heterocycles. The number of nitrogen functional groups attached to an aromatic ring is 1. The lowest BCUT2D eigenvalue weighted by Crippen LogP contribution is -2.23. The average molecular weight is 303 g/mol. The van der Waals surface area contributed by atoms with Crippen LogP contribution in [0.15, 0.2) is 42.5 Å². The highest BCUT2D eigenvalue weighted by Crippen LogP contribution is 2.35. The molecule has 0 aliphatic rings. The molecule has 0 fully saturated rings. The highest BCUT2D eigenvalue weighted by molar-refractivity contribution is 5.85. The highest BCUT2D eigenvalue weighted by atomic mass is 16.6. The third-order valence-corrected chi connectivity index (χ3v) is 3.17. The zero-order chi connectivity index (χ0) is 16.1. The largest absolute Gasteiger partial charge is 0.399 e. The van der Waals surface area contributed by atoms with Crippen LogP contribution in [0.4, 0.5) is 17.1 Å². The van der Waals surface area contributed by atoms with Gasteiger partial charge in [0.1, 0.15) is 0 Å². The molecule has 5 N–H and O–H groups in total. The van der Waals surface area contributed by atoms with Crippen molar-refractivity contribution in [2.75, 3.05) is 24.2 Å². The van der Waals surface area contributed by atoms with Crippen LogP contribution in [0, 0.1) is 10.1 Å². The molecule has 0 saturated heterocycles. The Morgan fingerprint density at radius 2 is 1.95 bits per heavy atom. The van der Waals surface area contributed by atoms with E-state index in [2.05, 4.69) is 5.32 Å². The lowest BCUT2D eigenvalue weighted by molar-refractivity contribution is -0.384. The van der Waals surface area contributed by atoms with Gasteiger partial charge in [-0.2, -0.15) is 0 Å². The molecule has 0 radical (unpaired) electrons. The molecule has 0 spiro atoms. The molecule has 22 heavy (non-hydrogen) atoms. The van der Waals surface area contributed by atoms with Gasteiger partial charge in [0.25, 0.3) is 5.69 Å². The van der Waals surface area contributed by atoms with Crippen molar-refractivity contribution in [3.05, 3.63) is 52.6 Å². The fraction of sp³-hybridized carbons (Fsp3) is 0.200. The second-order valence-corrected chi connectivity index (χ2v) is 4.80. The maximum atomic E-state index is 11.2. The Hall–Kier alpha value is -2.64. The van der Waals surface area contributed by atoms with Crippen molar-refractivity contribution in [2.45, 2.75) is 6.10 Å². The summed E-state index contributed by atoms with van der Waals surface area (Å²) in [4.78, 5) is 10.7. The fourth-order valence-electron chi connectivity index (χ4n) is 2.09. The second kappa shape index (κ2) is 6.88. The van der Waals surface area contributed by atoms with E-state index in [0.717, 1.165) is 0 Å². The molecule has 116 valence electrons. The molecule has 0 saturated carbocycles. The first-order valence-electron chi connectivity index (χ1n) is 6.69. The summed E-state index contributed by atoms with van der Waals surface area (Å²) in [7, 11) is 0. The van der Waals surface area contributed by atoms with E-state index < -0.39 is 11.0 Å². The van der Waals surface area contributed by atoms with Crippen LogP contribution in [0.25, 0.3) is 11.1 Å². The lowest BCUT2D eigenvalue weighted by Gasteiger charge is -2.15. The van der Waals surface area contributed by atoms with Crippen LogP contribution in [-0.2, 0) is 0 Å². The van der Waals surface area contributed by atoms with Crippen molar-refractivity contribution in [3.63, 3.8) is 0 Å². The molecule has 7 nitrogen and oxygen atoms in total. The fourth-order valence-corrected chi connectivity index (χ4v) is 2.09. The van der Waals surface area contributed by atoms with Crippen molar-refractivity contribution in [1.29, 1.82) is 0 Å². The SMILES string of the molecule is Nc1ccc(NCC(O)CO)c(-c2ccccc2[N+](=O)[O-])c1. The Kier molecular flexibility index (Phi) is 4.92. The third-order valence-electron chi connectivity index (χ3n) is 3.17. The van der Waals surface area contributed by atoms with Gasteiger partial charge in [0.2, 0.25) is 0 Å². The molecule has 2 rings (SSSR count). The summed E-state index contributed by atoms with van der Waals surface area (Å²) in [6.07, 6.45) is -0.920. The van der Waals surface area contributed by atoms with Gasteiger partial charge in [-0.25, -0.2) is 0 Å². The van der Waals surface area contributed by atoms with Gasteiger partial charge in [0.05, 0.1) is 23.2 Å². The first kappa shape index (κ1) is 15.7. The van der Waals surface area contributed by atoms with E-state index in [1.165, 1.54) is 6.07 Å². The number of nitro groups is 1. The van der Waals surface area contributed by atoms with Crippen LogP contribution in [0.1, 0.15) is 0 Å². The summed E-state index contributed by atoms with van der Waals surface area (Å²) in [6.45, 7) is -0.253. The number of nitrogens with two attached hydrogens (primary N) is 1. The van der Waals surface area contributed by atoms with Crippen LogP contribution in [0.3, 0.4) is 0 Å². The molecule has 2 aromatic rings. The normalized spacial score (nSPS) is 11.9. The molecule has 0 aromatic heterocycles. The molecular formula is C15H17N3O4. The van der Waals surface area contributed by atoms with Crippen molar-refractivity contribution in [1.82, 2.24) is 0 Å². The monoisotopic (exact) mass is 303 g/mol. The Bertz CT molecular complexity index is 676. The Morgan fingerprint density at radius 1 is 1.23 bits per heavy atom. The van der Waals surface area contributed by atoms with Crippen LogP contribution in [0.2, 0.25) is 0 Å². The summed E-state index contributed by atoms with van der Waals surface area (Å²) in [5, 5.41) is 32.4. The van der Waals surface area contributed by atoms with E-state index in [1.807, 2.05) is 0 Å². The van der Waals surface area contributed by atoms with Crippen LogP contribution in [-0.4, -0.2) is 34.4 Å². The number of nitrogens with one attached hydrogen (secondary N) is 1. The number of hydrogen-bond donors (Lipinski definition) is 4. The van der Waals surface area contributed by atoms with E-state index >= 15 is 0 Å². The number of aliphatic hydroxyl groups is 2. The summed E-state index contributed by atoms with van der Waals surface area (Å²) in [5.41, 5.74) is 7.82. The average Bonchev–Trinajstić information content (AvgIpc) is 2.53. The zero-order valence-corrected chi connectivity index (χ0v) is 11.8. The summed E-state index contributed by atoms with van der Waals surface area (Å²) in [5.74, 6) is 0. The maximum absolute atomic E-state index is 11.2.